The fourth-order valence-corrected chi connectivity index (χ4v) is 2.01. The first-order valence-electron chi connectivity index (χ1n) is 7.53. The van der Waals surface area contributed by atoms with E-state index in [1.807, 2.05) is 6.07 Å². The molecule has 0 spiro atoms. The second-order valence-electron chi connectivity index (χ2n) is 4.87. The van der Waals surface area contributed by atoms with Gasteiger partial charge in [0.2, 0.25) is 0 Å². The molecule has 0 unspecified atom stereocenters. The molecule has 0 saturated heterocycles. The summed E-state index contributed by atoms with van der Waals surface area (Å²) in [5.41, 5.74) is 1.28. The molecule has 1 N–H and O–H groups in total. The largest absolute Gasteiger partial charge is 0.497 e. The molecule has 2 aromatic rings. The van der Waals surface area contributed by atoms with Crippen LogP contribution in [0.15, 0.2) is 60.3 Å². The van der Waals surface area contributed by atoms with Crippen LogP contribution < -0.4 is 10.1 Å². The second-order valence-corrected chi connectivity index (χ2v) is 4.87. The Balaban J connectivity index is 2.25. The highest BCUT2D eigenvalue weighted by atomic mass is 16.5. The molecule has 0 radical (unpaired) electrons. The van der Waals surface area contributed by atoms with Crippen LogP contribution in [-0.4, -0.2) is 25.6 Å². The Morgan fingerprint density at radius 3 is 2.29 bits per heavy atom. The summed E-state index contributed by atoms with van der Waals surface area (Å²) in [6, 6.07) is 15.8. The number of amides is 1. The van der Waals surface area contributed by atoms with Crippen molar-refractivity contribution in [1.82, 2.24) is 5.32 Å². The number of esters is 1. The van der Waals surface area contributed by atoms with Gasteiger partial charge in [-0.05, 0) is 42.8 Å². The molecule has 124 valence electrons. The summed E-state index contributed by atoms with van der Waals surface area (Å²) in [7, 11) is 1.58. The quantitative estimate of drug-likeness (QED) is 0.655. The Morgan fingerprint density at radius 1 is 1.04 bits per heavy atom. The third kappa shape index (κ3) is 4.71. The maximum absolute atomic E-state index is 12.3. The minimum absolute atomic E-state index is 0.0795. The number of carbonyl (C=O) groups excluding carboxylic acids is 2. The highest BCUT2D eigenvalue weighted by Gasteiger charge is 2.15. The van der Waals surface area contributed by atoms with Gasteiger partial charge < -0.3 is 14.8 Å². The highest BCUT2D eigenvalue weighted by molar-refractivity contribution is 6.03. The van der Waals surface area contributed by atoms with Gasteiger partial charge in [0.05, 0.1) is 13.7 Å². The van der Waals surface area contributed by atoms with E-state index in [0.717, 1.165) is 5.56 Å². The van der Waals surface area contributed by atoms with E-state index in [-0.39, 0.29) is 18.2 Å². The Kier molecular flexibility index (Phi) is 6.14. The summed E-state index contributed by atoms with van der Waals surface area (Å²) < 4.78 is 10.1. The zero-order valence-electron chi connectivity index (χ0n) is 13.6. The predicted molar refractivity (Wildman–Crippen MR) is 91.5 cm³/mol. The van der Waals surface area contributed by atoms with Crippen LogP contribution in [0.5, 0.6) is 5.75 Å². The SMILES string of the molecule is CCOC(=O)/C(=C/c1ccc(OC)cc1)NC(=O)c1ccccc1. The molecule has 24 heavy (non-hydrogen) atoms. The standard InChI is InChI=1S/C19H19NO4/c1-3-24-19(22)17(13-14-9-11-16(23-2)12-10-14)20-18(21)15-7-5-4-6-8-15/h4-13H,3H2,1-2H3,(H,20,21)/b17-13-. The summed E-state index contributed by atoms with van der Waals surface area (Å²) in [5.74, 6) is -0.251. The zero-order chi connectivity index (χ0) is 17.4. The summed E-state index contributed by atoms with van der Waals surface area (Å²) in [4.78, 5) is 24.4. The summed E-state index contributed by atoms with van der Waals surface area (Å²) >= 11 is 0. The van der Waals surface area contributed by atoms with Crippen LogP contribution in [-0.2, 0) is 9.53 Å². The molecule has 5 heteroatoms. The highest BCUT2D eigenvalue weighted by Crippen LogP contribution is 2.14. The van der Waals surface area contributed by atoms with Crippen molar-refractivity contribution < 1.29 is 19.1 Å². The van der Waals surface area contributed by atoms with Crippen molar-refractivity contribution in [3.63, 3.8) is 0 Å². The van der Waals surface area contributed by atoms with E-state index in [0.29, 0.717) is 11.3 Å². The topological polar surface area (TPSA) is 64.6 Å². The van der Waals surface area contributed by atoms with Crippen molar-refractivity contribution in [1.29, 1.82) is 0 Å². The number of nitrogens with one attached hydrogen (secondary N) is 1. The van der Waals surface area contributed by atoms with Gasteiger partial charge in [0.25, 0.3) is 5.91 Å². The van der Waals surface area contributed by atoms with Crippen LogP contribution in [0.4, 0.5) is 0 Å². The van der Waals surface area contributed by atoms with Gasteiger partial charge in [-0.1, -0.05) is 30.3 Å². The van der Waals surface area contributed by atoms with E-state index in [9.17, 15) is 9.59 Å². The molecule has 0 aliphatic rings. The molecule has 5 nitrogen and oxygen atoms in total. The van der Waals surface area contributed by atoms with Gasteiger partial charge in [0, 0.05) is 5.56 Å². The molecule has 2 aromatic carbocycles. The monoisotopic (exact) mass is 325 g/mol. The van der Waals surface area contributed by atoms with Crippen molar-refractivity contribution in [2.75, 3.05) is 13.7 Å². The summed E-state index contributed by atoms with van der Waals surface area (Å²) in [6.07, 6.45) is 1.57. The average Bonchev–Trinajstić information content (AvgIpc) is 2.62. The minimum atomic E-state index is -0.586. The maximum Gasteiger partial charge on any atom is 0.354 e. The lowest BCUT2D eigenvalue weighted by Crippen LogP contribution is -2.28. The molecule has 0 bridgehead atoms. The fourth-order valence-electron chi connectivity index (χ4n) is 2.01. The van der Waals surface area contributed by atoms with Crippen LogP contribution in [0.2, 0.25) is 0 Å². The number of ether oxygens (including phenoxy) is 2. The van der Waals surface area contributed by atoms with Crippen LogP contribution in [0.25, 0.3) is 6.08 Å². The molecule has 0 atom stereocenters. The molecule has 0 aliphatic carbocycles. The summed E-state index contributed by atoms with van der Waals surface area (Å²) in [5, 5.41) is 2.61. The van der Waals surface area contributed by atoms with E-state index in [2.05, 4.69) is 5.32 Å². The third-order valence-corrected chi connectivity index (χ3v) is 3.21. The van der Waals surface area contributed by atoms with Crippen LogP contribution in [0.1, 0.15) is 22.8 Å². The number of hydrogen-bond acceptors (Lipinski definition) is 4. The van der Waals surface area contributed by atoms with Gasteiger partial charge in [-0.15, -0.1) is 0 Å². The average molecular weight is 325 g/mol. The third-order valence-electron chi connectivity index (χ3n) is 3.21. The van der Waals surface area contributed by atoms with E-state index >= 15 is 0 Å². The normalized spacial score (nSPS) is 10.8. The van der Waals surface area contributed by atoms with Crippen molar-refractivity contribution in [2.24, 2.45) is 0 Å². The molecular formula is C19H19NO4. The molecule has 0 saturated carbocycles. The van der Waals surface area contributed by atoms with E-state index in [4.69, 9.17) is 9.47 Å². The molecule has 0 fully saturated rings. The first kappa shape index (κ1) is 17.3. The number of rotatable bonds is 6. The first-order valence-corrected chi connectivity index (χ1v) is 7.53. The lowest BCUT2D eigenvalue weighted by atomic mass is 10.1. The Morgan fingerprint density at radius 2 is 1.71 bits per heavy atom. The molecule has 2 rings (SSSR count). The van der Waals surface area contributed by atoms with E-state index in [1.54, 1.807) is 68.6 Å². The fraction of sp³-hybridized carbons (Fsp3) is 0.158. The van der Waals surface area contributed by atoms with Crippen LogP contribution >= 0.6 is 0 Å². The molecule has 0 aliphatic heterocycles. The van der Waals surface area contributed by atoms with Crippen LogP contribution in [0.3, 0.4) is 0 Å². The lowest BCUT2D eigenvalue weighted by molar-refractivity contribution is -0.138. The number of hydrogen-bond donors (Lipinski definition) is 1. The van der Waals surface area contributed by atoms with Gasteiger partial charge in [-0.25, -0.2) is 4.79 Å². The van der Waals surface area contributed by atoms with Crippen LogP contribution in [0, 0.1) is 0 Å². The number of benzene rings is 2. The number of methoxy groups -OCH3 is 1. The van der Waals surface area contributed by atoms with E-state index in [1.165, 1.54) is 0 Å². The van der Waals surface area contributed by atoms with Gasteiger partial charge in [-0.3, -0.25) is 4.79 Å². The maximum atomic E-state index is 12.3. The van der Waals surface area contributed by atoms with Crippen molar-refractivity contribution in [3.05, 3.63) is 71.4 Å². The predicted octanol–water partition coefficient (Wildman–Crippen LogP) is 3.03. The smallest absolute Gasteiger partial charge is 0.354 e. The van der Waals surface area contributed by atoms with Gasteiger partial charge >= 0.3 is 5.97 Å². The Bertz CT molecular complexity index is 721. The number of carbonyl (C=O) groups is 2. The summed E-state index contributed by atoms with van der Waals surface area (Å²) in [6.45, 7) is 1.93. The Labute approximate surface area is 140 Å². The molecule has 0 aromatic heterocycles. The van der Waals surface area contributed by atoms with Gasteiger partial charge in [0.15, 0.2) is 0 Å². The molecular weight excluding hydrogens is 306 g/mol. The van der Waals surface area contributed by atoms with Crippen molar-refractivity contribution in [2.45, 2.75) is 6.92 Å². The van der Waals surface area contributed by atoms with Gasteiger partial charge in [-0.2, -0.15) is 0 Å². The minimum Gasteiger partial charge on any atom is -0.497 e. The Hall–Kier alpha value is -3.08. The molecule has 0 heterocycles. The van der Waals surface area contributed by atoms with E-state index < -0.39 is 5.97 Å². The zero-order valence-corrected chi connectivity index (χ0v) is 13.6. The lowest BCUT2D eigenvalue weighted by Gasteiger charge is -2.10. The molecule has 1 amide bonds. The first-order chi connectivity index (χ1) is 11.6. The van der Waals surface area contributed by atoms with Crippen molar-refractivity contribution in [3.8, 4) is 5.75 Å². The van der Waals surface area contributed by atoms with Gasteiger partial charge in [0.1, 0.15) is 11.4 Å². The second kappa shape index (κ2) is 8.53. The van der Waals surface area contributed by atoms with Crippen molar-refractivity contribution >= 4 is 18.0 Å².